The lowest BCUT2D eigenvalue weighted by molar-refractivity contribution is -0.128. The minimum atomic E-state index is -0.914. The van der Waals surface area contributed by atoms with Crippen molar-refractivity contribution in [3.63, 3.8) is 0 Å². The maximum atomic E-state index is 12.9. The fourth-order valence-electron chi connectivity index (χ4n) is 3.48. The second-order valence-electron chi connectivity index (χ2n) is 7.57. The number of fused-ring (bicyclic) bond motifs is 1. The lowest BCUT2D eigenvalue weighted by atomic mass is 10.0. The molecule has 8 heteroatoms. The number of primary amides is 1. The number of nitrogens with one attached hydrogen (secondary N) is 3. The van der Waals surface area contributed by atoms with Gasteiger partial charge in [-0.25, -0.2) is 4.79 Å². The second-order valence-corrected chi connectivity index (χ2v) is 7.57. The molecular weight excluding hydrogens is 408 g/mol. The maximum Gasteiger partial charge on any atom is 0.408 e. The molecule has 2 atom stereocenters. The summed E-state index contributed by atoms with van der Waals surface area (Å²) in [6, 6.07) is 15.2. The molecule has 3 amide bonds. The first-order chi connectivity index (χ1) is 15.5. The van der Waals surface area contributed by atoms with E-state index in [-0.39, 0.29) is 13.0 Å². The number of aromatic amines is 1. The van der Waals surface area contributed by atoms with E-state index in [4.69, 9.17) is 10.5 Å². The molecule has 1 aromatic heterocycles. The summed E-state index contributed by atoms with van der Waals surface area (Å²) in [5.41, 5.74) is 8.20. The fraction of sp³-hybridized carbons (Fsp3) is 0.292. The minimum Gasteiger partial charge on any atom is -0.445 e. The topological polar surface area (TPSA) is 126 Å². The number of H-pyrrole nitrogens is 1. The second kappa shape index (κ2) is 11.0. The lowest BCUT2D eigenvalue weighted by Crippen LogP contribution is -2.53. The molecule has 2 aromatic carbocycles. The van der Waals surface area contributed by atoms with Crippen molar-refractivity contribution in [2.24, 2.45) is 5.73 Å². The molecule has 3 aromatic rings. The Balaban J connectivity index is 1.62. The Morgan fingerprint density at radius 1 is 1.00 bits per heavy atom. The van der Waals surface area contributed by atoms with Crippen LogP contribution in [0.25, 0.3) is 10.9 Å². The number of carbonyl (C=O) groups is 3. The van der Waals surface area contributed by atoms with Gasteiger partial charge in [-0.3, -0.25) is 9.59 Å². The van der Waals surface area contributed by atoms with E-state index in [0.717, 1.165) is 22.0 Å². The zero-order valence-corrected chi connectivity index (χ0v) is 18.0. The molecule has 3 rings (SSSR count). The molecule has 8 nitrogen and oxygen atoms in total. The van der Waals surface area contributed by atoms with E-state index in [1.807, 2.05) is 61.5 Å². The van der Waals surface area contributed by atoms with Crippen molar-refractivity contribution >= 4 is 28.8 Å². The van der Waals surface area contributed by atoms with Gasteiger partial charge in [0.05, 0.1) is 0 Å². The number of aromatic nitrogens is 1. The van der Waals surface area contributed by atoms with Gasteiger partial charge >= 0.3 is 6.09 Å². The zero-order valence-electron chi connectivity index (χ0n) is 18.0. The Morgan fingerprint density at radius 2 is 1.72 bits per heavy atom. The van der Waals surface area contributed by atoms with E-state index in [1.54, 1.807) is 6.20 Å². The monoisotopic (exact) mass is 436 g/mol. The first-order valence-electron chi connectivity index (χ1n) is 10.6. The number of nitrogens with two attached hydrogens (primary N) is 1. The van der Waals surface area contributed by atoms with Crippen molar-refractivity contribution in [3.05, 3.63) is 71.9 Å². The molecule has 0 unspecified atom stereocenters. The first-order valence-corrected chi connectivity index (χ1v) is 10.6. The van der Waals surface area contributed by atoms with Crippen LogP contribution in [0.2, 0.25) is 0 Å². The number of hydrogen-bond donors (Lipinski definition) is 4. The molecule has 1 heterocycles. The van der Waals surface area contributed by atoms with Gasteiger partial charge in [-0.2, -0.15) is 0 Å². The van der Waals surface area contributed by atoms with Crippen molar-refractivity contribution in [2.45, 2.75) is 44.9 Å². The van der Waals surface area contributed by atoms with Crippen molar-refractivity contribution in [3.8, 4) is 0 Å². The van der Waals surface area contributed by atoms with Crippen LogP contribution < -0.4 is 16.4 Å². The Bertz CT molecular complexity index is 1060. The molecule has 0 fully saturated rings. The largest absolute Gasteiger partial charge is 0.445 e. The van der Waals surface area contributed by atoms with Crippen LogP contribution in [0.15, 0.2) is 60.8 Å². The SMILES string of the molecule is CCC[C@H](NC(=O)OCc1ccccc1)C(=O)N[C@@H](Cc1c[nH]c2ccccc12)C(N)=O. The highest BCUT2D eigenvalue weighted by atomic mass is 16.5. The van der Waals surface area contributed by atoms with E-state index in [2.05, 4.69) is 15.6 Å². The number of carbonyl (C=O) groups excluding carboxylic acids is 3. The summed E-state index contributed by atoms with van der Waals surface area (Å²) in [5, 5.41) is 6.23. The zero-order chi connectivity index (χ0) is 22.9. The summed E-state index contributed by atoms with van der Waals surface area (Å²) in [5.74, 6) is -1.13. The number of ether oxygens (including phenoxy) is 1. The van der Waals surface area contributed by atoms with E-state index in [1.165, 1.54) is 0 Å². The van der Waals surface area contributed by atoms with Crippen LogP contribution in [0.5, 0.6) is 0 Å². The minimum absolute atomic E-state index is 0.0949. The van der Waals surface area contributed by atoms with Gasteiger partial charge in [0.2, 0.25) is 11.8 Å². The van der Waals surface area contributed by atoms with Crippen LogP contribution in [0, 0.1) is 0 Å². The summed E-state index contributed by atoms with van der Waals surface area (Å²) in [6.07, 6.45) is 2.39. The summed E-state index contributed by atoms with van der Waals surface area (Å²) in [7, 11) is 0. The number of benzene rings is 2. The van der Waals surface area contributed by atoms with Crippen molar-refractivity contribution in [1.29, 1.82) is 0 Å². The highest BCUT2D eigenvalue weighted by Gasteiger charge is 2.26. The van der Waals surface area contributed by atoms with Crippen LogP contribution in [0.4, 0.5) is 4.79 Å². The van der Waals surface area contributed by atoms with Crippen molar-refractivity contribution < 1.29 is 19.1 Å². The van der Waals surface area contributed by atoms with Gasteiger partial charge in [-0.05, 0) is 23.6 Å². The predicted molar refractivity (Wildman–Crippen MR) is 122 cm³/mol. The third kappa shape index (κ3) is 6.10. The molecule has 0 spiro atoms. The van der Waals surface area contributed by atoms with Gasteiger partial charge < -0.3 is 26.1 Å². The third-order valence-electron chi connectivity index (χ3n) is 5.16. The molecule has 0 aliphatic heterocycles. The van der Waals surface area contributed by atoms with Crippen LogP contribution in [-0.4, -0.2) is 35.0 Å². The quantitative estimate of drug-likeness (QED) is 0.390. The van der Waals surface area contributed by atoms with Gasteiger partial charge in [0.15, 0.2) is 0 Å². The van der Waals surface area contributed by atoms with E-state index in [9.17, 15) is 14.4 Å². The number of para-hydroxylation sites is 1. The van der Waals surface area contributed by atoms with Crippen LogP contribution in [-0.2, 0) is 27.4 Å². The first kappa shape index (κ1) is 22.9. The normalized spacial score (nSPS) is 12.7. The molecule has 0 radical (unpaired) electrons. The molecule has 32 heavy (non-hydrogen) atoms. The van der Waals surface area contributed by atoms with E-state index < -0.39 is 30.0 Å². The Labute approximate surface area is 186 Å². The maximum absolute atomic E-state index is 12.9. The number of alkyl carbamates (subject to hydrolysis) is 1. The molecule has 0 aliphatic carbocycles. The Hall–Kier alpha value is -3.81. The smallest absolute Gasteiger partial charge is 0.408 e. The number of amides is 3. The highest BCUT2D eigenvalue weighted by molar-refractivity contribution is 5.91. The van der Waals surface area contributed by atoms with Gasteiger partial charge in [0.25, 0.3) is 0 Å². The van der Waals surface area contributed by atoms with E-state index >= 15 is 0 Å². The average Bonchev–Trinajstić information content (AvgIpc) is 3.20. The molecular formula is C24H28N4O4. The third-order valence-corrected chi connectivity index (χ3v) is 5.16. The summed E-state index contributed by atoms with van der Waals surface area (Å²) >= 11 is 0. The van der Waals surface area contributed by atoms with Gasteiger partial charge in [0.1, 0.15) is 18.7 Å². The molecule has 0 bridgehead atoms. The fourth-order valence-corrected chi connectivity index (χ4v) is 3.48. The molecule has 5 N–H and O–H groups in total. The number of rotatable bonds is 10. The van der Waals surface area contributed by atoms with Crippen LogP contribution >= 0.6 is 0 Å². The molecule has 0 saturated heterocycles. The van der Waals surface area contributed by atoms with Crippen LogP contribution in [0.3, 0.4) is 0 Å². The van der Waals surface area contributed by atoms with Crippen molar-refractivity contribution in [2.75, 3.05) is 0 Å². The summed E-state index contributed by atoms with van der Waals surface area (Å²) < 4.78 is 5.22. The van der Waals surface area contributed by atoms with Gasteiger partial charge in [-0.1, -0.05) is 61.9 Å². The molecule has 168 valence electrons. The lowest BCUT2D eigenvalue weighted by Gasteiger charge is -2.21. The predicted octanol–water partition coefficient (Wildman–Crippen LogP) is 2.78. The van der Waals surface area contributed by atoms with Crippen molar-refractivity contribution in [1.82, 2.24) is 15.6 Å². The summed E-state index contributed by atoms with van der Waals surface area (Å²) in [4.78, 5) is 40.3. The molecule has 0 saturated carbocycles. The highest BCUT2D eigenvalue weighted by Crippen LogP contribution is 2.19. The van der Waals surface area contributed by atoms with Crippen LogP contribution in [0.1, 0.15) is 30.9 Å². The Kier molecular flexibility index (Phi) is 7.85. The van der Waals surface area contributed by atoms with Gasteiger partial charge in [-0.15, -0.1) is 0 Å². The summed E-state index contributed by atoms with van der Waals surface area (Å²) in [6.45, 7) is 1.99. The Morgan fingerprint density at radius 3 is 2.44 bits per heavy atom. The van der Waals surface area contributed by atoms with E-state index in [0.29, 0.717) is 12.8 Å². The average molecular weight is 437 g/mol. The van der Waals surface area contributed by atoms with Gasteiger partial charge in [0, 0.05) is 23.5 Å². The number of hydrogen-bond acceptors (Lipinski definition) is 4. The standard InChI is InChI=1S/C24H28N4O4/c1-2-8-20(28-24(31)32-15-16-9-4-3-5-10-16)23(30)27-21(22(25)29)13-17-14-26-19-12-7-6-11-18(17)19/h3-7,9-12,14,20-21,26H,2,8,13,15H2,1H3,(H2,25,29)(H,27,30)(H,28,31)/t20-,21-/m0/s1. The molecule has 0 aliphatic rings.